The van der Waals surface area contributed by atoms with E-state index in [2.05, 4.69) is 10.2 Å². The summed E-state index contributed by atoms with van der Waals surface area (Å²) in [7, 11) is -1.60. The molecule has 3 rings (SSSR count). The number of likely N-dealkylation sites (N-methyl/N-ethyl adjacent to an activating group) is 1. The number of hydrogen-bond acceptors (Lipinski definition) is 6. The number of amides is 1. The largest absolute Gasteiger partial charge is 0.323 e. The maximum Gasteiger partial charge on any atom is 0.269 e. The van der Waals surface area contributed by atoms with Crippen molar-refractivity contribution in [2.24, 2.45) is 0 Å². The molecular formula is C20H22N4O5S. The third-order valence-corrected chi connectivity index (χ3v) is 6.67. The number of hydrogen-bond donors (Lipinski definition) is 1. The molecule has 1 aliphatic rings. The summed E-state index contributed by atoms with van der Waals surface area (Å²) in [5, 5.41) is 13.3. The van der Waals surface area contributed by atoms with Gasteiger partial charge in [-0.25, -0.2) is 8.42 Å². The summed E-state index contributed by atoms with van der Waals surface area (Å²) in [5.41, 5.74) is 1.08. The smallest absolute Gasteiger partial charge is 0.269 e. The number of nitro groups is 1. The second-order valence-corrected chi connectivity index (χ2v) is 8.84. The van der Waals surface area contributed by atoms with Crippen LogP contribution in [0.4, 0.5) is 11.4 Å². The van der Waals surface area contributed by atoms with E-state index >= 15 is 0 Å². The van der Waals surface area contributed by atoms with Crippen LogP contribution in [-0.2, 0) is 14.8 Å². The number of nitro benzene ring substituents is 1. The molecule has 10 heteroatoms. The summed E-state index contributed by atoms with van der Waals surface area (Å²) in [6, 6.07) is 11.8. The number of sulfonamides is 1. The Hall–Kier alpha value is -3.08. The van der Waals surface area contributed by atoms with E-state index in [0.717, 1.165) is 0 Å². The topological polar surface area (TPSA) is 113 Å². The first-order valence-electron chi connectivity index (χ1n) is 9.28. The number of carbonyl (C=O) groups excluding carboxylic acids is 1. The first-order chi connectivity index (χ1) is 14.3. The molecule has 1 saturated heterocycles. The average Bonchev–Trinajstić information content (AvgIpc) is 2.73. The highest BCUT2D eigenvalue weighted by Crippen LogP contribution is 2.20. The van der Waals surface area contributed by atoms with Crippen molar-refractivity contribution in [2.45, 2.75) is 4.90 Å². The summed E-state index contributed by atoms with van der Waals surface area (Å²) >= 11 is 0. The highest BCUT2D eigenvalue weighted by Gasteiger charge is 2.27. The van der Waals surface area contributed by atoms with Gasteiger partial charge in [-0.05, 0) is 55.1 Å². The molecule has 0 aromatic heterocycles. The molecule has 1 heterocycles. The highest BCUT2D eigenvalue weighted by atomic mass is 32.2. The molecule has 0 aliphatic carbocycles. The number of carbonyl (C=O) groups is 1. The number of anilines is 1. The maximum absolute atomic E-state index is 12.7. The van der Waals surface area contributed by atoms with Crippen LogP contribution in [-0.4, -0.2) is 61.7 Å². The van der Waals surface area contributed by atoms with Crippen LogP contribution in [0.3, 0.4) is 0 Å². The zero-order valence-electron chi connectivity index (χ0n) is 16.4. The van der Waals surface area contributed by atoms with Crippen molar-refractivity contribution in [1.29, 1.82) is 0 Å². The number of non-ortho nitro benzene ring substituents is 1. The zero-order valence-corrected chi connectivity index (χ0v) is 17.2. The third-order valence-electron chi connectivity index (χ3n) is 4.75. The quantitative estimate of drug-likeness (QED) is 0.427. The number of piperazine rings is 1. The summed E-state index contributed by atoms with van der Waals surface area (Å²) in [5.74, 6) is -0.400. The van der Waals surface area contributed by atoms with Crippen molar-refractivity contribution in [1.82, 2.24) is 9.21 Å². The summed E-state index contributed by atoms with van der Waals surface area (Å²) in [4.78, 5) is 24.5. The lowest BCUT2D eigenvalue weighted by atomic mass is 10.2. The van der Waals surface area contributed by atoms with Crippen LogP contribution in [0.2, 0.25) is 0 Å². The molecule has 0 saturated carbocycles. The van der Waals surface area contributed by atoms with Gasteiger partial charge in [0, 0.05) is 50.1 Å². The molecule has 0 radical (unpaired) electrons. The Balaban J connectivity index is 1.61. The SMILES string of the molecule is CN1CCN(S(=O)(=O)c2ccc(NC(=O)/C=C/c3ccc([N+](=O)[O-])cc3)cc2)CC1. The van der Waals surface area contributed by atoms with E-state index in [1.807, 2.05) is 7.05 Å². The molecule has 0 atom stereocenters. The van der Waals surface area contributed by atoms with Gasteiger partial charge in [0.15, 0.2) is 0 Å². The van der Waals surface area contributed by atoms with E-state index in [1.54, 1.807) is 24.3 Å². The molecule has 0 bridgehead atoms. The average molecular weight is 430 g/mol. The van der Waals surface area contributed by atoms with Gasteiger partial charge in [0.05, 0.1) is 9.82 Å². The highest BCUT2D eigenvalue weighted by molar-refractivity contribution is 7.89. The van der Waals surface area contributed by atoms with Crippen LogP contribution in [0.1, 0.15) is 5.56 Å². The Morgan fingerprint density at radius 3 is 2.20 bits per heavy atom. The van der Waals surface area contributed by atoms with Gasteiger partial charge < -0.3 is 10.2 Å². The van der Waals surface area contributed by atoms with Gasteiger partial charge in [-0.3, -0.25) is 14.9 Å². The Bertz CT molecular complexity index is 1040. The Morgan fingerprint density at radius 1 is 1.03 bits per heavy atom. The van der Waals surface area contributed by atoms with Crippen molar-refractivity contribution in [3.63, 3.8) is 0 Å². The van der Waals surface area contributed by atoms with Gasteiger partial charge in [-0.2, -0.15) is 4.31 Å². The van der Waals surface area contributed by atoms with Gasteiger partial charge in [-0.1, -0.05) is 0 Å². The molecule has 2 aromatic carbocycles. The van der Waals surface area contributed by atoms with E-state index in [1.165, 1.54) is 40.7 Å². The standard InChI is InChI=1S/C20H22N4O5S/c1-22-12-14-23(15-13-22)30(28,29)19-9-5-17(6-10-19)21-20(25)11-4-16-2-7-18(8-3-16)24(26)27/h2-11H,12-15H2,1H3,(H,21,25)/b11-4+. The second kappa shape index (κ2) is 9.16. The zero-order chi connectivity index (χ0) is 21.7. The number of nitrogens with zero attached hydrogens (tertiary/aromatic N) is 3. The molecule has 1 amide bonds. The molecule has 0 spiro atoms. The van der Waals surface area contributed by atoms with Crippen molar-refractivity contribution in [3.05, 3.63) is 70.3 Å². The van der Waals surface area contributed by atoms with Gasteiger partial charge in [0.1, 0.15) is 0 Å². The Labute approximate surface area is 174 Å². The van der Waals surface area contributed by atoms with E-state index in [4.69, 9.17) is 0 Å². The first-order valence-corrected chi connectivity index (χ1v) is 10.7. The second-order valence-electron chi connectivity index (χ2n) is 6.90. The molecule has 2 aromatic rings. The maximum atomic E-state index is 12.7. The predicted molar refractivity (Wildman–Crippen MR) is 113 cm³/mol. The first kappa shape index (κ1) is 21.6. The molecule has 158 valence electrons. The minimum Gasteiger partial charge on any atom is -0.323 e. The lowest BCUT2D eigenvalue weighted by Crippen LogP contribution is -2.46. The third kappa shape index (κ3) is 5.29. The number of nitrogens with one attached hydrogen (secondary N) is 1. The van der Waals surface area contributed by atoms with Gasteiger partial charge in [0.25, 0.3) is 5.69 Å². The molecule has 1 N–H and O–H groups in total. The number of rotatable bonds is 6. The fraction of sp³-hybridized carbons (Fsp3) is 0.250. The molecule has 30 heavy (non-hydrogen) atoms. The van der Waals surface area contributed by atoms with Crippen molar-refractivity contribution < 1.29 is 18.1 Å². The minimum atomic E-state index is -3.55. The Kier molecular flexibility index (Phi) is 6.60. The van der Waals surface area contributed by atoms with Gasteiger partial charge in [-0.15, -0.1) is 0 Å². The molecule has 1 fully saturated rings. The molecule has 0 unspecified atom stereocenters. The number of benzene rings is 2. The predicted octanol–water partition coefficient (Wildman–Crippen LogP) is 2.18. The summed E-state index contributed by atoms with van der Waals surface area (Å²) < 4.78 is 26.9. The lowest BCUT2D eigenvalue weighted by molar-refractivity contribution is -0.384. The van der Waals surface area contributed by atoms with E-state index in [9.17, 15) is 23.3 Å². The van der Waals surface area contributed by atoms with Crippen LogP contribution in [0.15, 0.2) is 59.5 Å². The van der Waals surface area contributed by atoms with Gasteiger partial charge >= 0.3 is 0 Å². The lowest BCUT2D eigenvalue weighted by Gasteiger charge is -2.31. The van der Waals surface area contributed by atoms with Crippen LogP contribution in [0.5, 0.6) is 0 Å². The normalized spacial score (nSPS) is 15.9. The Morgan fingerprint density at radius 2 is 1.63 bits per heavy atom. The molecular weight excluding hydrogens is 408 g/mol. The fourth-order valence-electron chi connectivity index (χ4n) is 2.95. The van der Waals surface area contributed by atoms with E-state index < -0.39 is 20.9 Å². The van der Waals surface area contributed by atoms with Crippen LogP contribution < -0.4 is 5.32 Å². The molecule has 1 aliphatic heterocycles. The summed E-state index contributed by atoms with van der Waals surface area (Å²) in [6.07, 6.45) is 2.83. The summed E-state index contributed by atoms with van der Waals surface area (Å²) in [6.45, 7) is 2.28. The molecule has 9 nitrogen and oxygen atoms in total. The minimum absolute atomic E-state index is 0.0248. The van der Waals surface area contributed by atoms with E-state index in [-0.39, 0.29) is 10.6 Å². The van der Waals surface area contributed by atoms with Crippen molar-refractivity contribution >= 4 is 33.4 Å². The van der Waals surface area contributed by atoms with Crippen molar-refractivity contribution in [3.8, 4) is 0 Å². The van der Waals surface area contributed by atoms with Crippen LogP contribution in [0, 0.1) is 10.1 Å². The van der Waals surface area contributed by atoms with Crippen molar-refractivity contribution in [2.75, 3.05) is 38.5 Å². The van der Waals surface area contributed by atoms with Crippen LogP contribution in [0.25, 0.3) is 6.08 Å². The van der Waals surface area contributed by atoms with E-state index in [0.29, 0.717) is 37.4 Å². The van der Waals surface area contributed by atoms with Gasteiger partial charge in [0.2, 0.25) is 15.9 Å². The monoisotopic (exact) mass is 430 g/mol. The fourth-order valence-corrected chi connectivity index (χ4v) is 4.37. The van der Waals surface area contributed by atoms with Crippen LogP contribution >= 0.6 is 0 Å².